The van der Waals surface area contributed by atoms with Crippen molar-refractivity contribution < 1.29 is 0 Å². The number of imidazole rings is 1. The minimum atomic E-state index is 0.930. The smallest absolute Gasteiger partial charge is 0.127 e. The molecule has 0 unspecified atom stereocenters. The van der Waals surface area contributed by atoms with E-state index in [1.54, 1.807) is 0 Å². The van der Waals surface area contributed by atoms with Gasteiger partial charge in [0.25, 0.3) is 0 Å². The summed E-state index contributed by atoms with van der Waals surface area (Å²) in [5.74, 6) is 0.954. The quantitative estimate of drug-likeness (QED) is 0.760. The number of hydrogen-bond acceptors (Lipinski definition) is 1. The normalized spacial score (nSPS) is 11.2. The Morgan fingerprint density at radius 1 is 1.22 bits per heavy atom. The first-order valence-electron chi connectivity index (χ1n) is 6.00. The van der Waals surface area contributed by atoms with Crippen LogP contribution in [0.15, 0.2) is 35.1 Å². The summed E-state index contributed by atoms with van der Waals surface area (Å²) in [6.07, 6.45) is 4.06. The fourth-order valence-electron chi connectivity index (χ4n) is 2.28. The van der Waals surface area contributed by atoms with Gasteiger partial charge >= 0.3 is 0 Å². The molecule has 2 heterocycles. The SMILES string of the molecule is Cc1nc(Br)c(CCc2c[nH]c3ccccc23)[nH]1. The summed E-state index contributed by atoms with van der Waals surface area (Å²) < 4.78 is 0.930. The van der Waals surface area contributed by atoms with Gasteiger partial charge in [0.2, 0.25) is 0 Å². The van der Waals surface area contributed by atoms with Gasteiger partial charge in [-0.2, -0.15) is 0 Å². The van der Waals surface area contributed by atoms with Crippen molar-refractivity contribution in [2.45, 2.75) is 19.8 Å². The van der Waals surface area contributed by atoms with Crippen molar-refractivity contribution in [2.24, 2.45) is 0 Å². The minimum Gasteiger partial charge on any atom is -0.361 e. The van der Waals surface area contributed by atoms with Crippen LogP contribution in [-0.2, 0) is 12.8 Å². The van der Waals surface area contributed by atoms with Crippen LogP contribution in [0.25, 0.3) is 10.9 Å². The fraction of sp³-hybridized carbons (Fsp3) is 0.214. The van der Waals surface area contributed by atoms with Crippen molar-refractivity contribution in [1.29, 1.82) is 0 Å². The van der Waals surface area contributed by atoms with E-state index in [0.29, 0.717) is 0 Å². The molecule has 0 fully saturated rings. The van der Waals surface area contributed by atoms with Gasteiger partial charge in [0.15, 0.2) is 0 Å². The monoisotopic (exact) mass is 303 g/mol. The van der Waals surface area contributed by atoms with E-state index in [1.165, 1.54) is 16.5 Å². The third-order valence-electron chi connectivity index (χ3n) is 3.17. The van der Waals surface area contributed by atoms with Gasteiger partial charge in [0, 0.05) is 22.8 Å². The predicted octanol–water partition coefficient (Wildman–Crippen LogP) is 3.75. The van der Waals surface area contributed by atoms with Crippen molar-refractivity contribution >= 4 is 26.8 Å². The molecule has 18 heavy (non-hydrogen) atoms. The average Bonchev–Trinajstić information content (AvgIpc) is 2.90. The van der Waals surface area contributed by atoms with Gasteiger partial charge in [0.05, 0.1) is 0 Å². The van der Waals surface area contributed by atoms with Gasteiger partial charge < -0.3 is 9.97 Å². The molecule has 0 saturated carbocycles. The van der Waals surface area contributed by atoms with Crippen LogP contribution >= 0.6 is 15.9 Å². The van der Waals surface area contributed by atoms with Gasteiger partial charge in [-0.25, -0.2) is 4.98 Å². The molecular formula is C14H14BrN3. The van der Waals surface area contributed by atoms with Gasteiger partial charge in [0.1, 0.15) is 10.4 Å². The van der Waals surface area contributed by atoms with Crippen LogP contribution < -0.4 is 0 Å². The Balaban J connectivity index is 1.83. The second-order valence-electron chi connectivity index (χ2n) is 4.45. The number of hydrogen-bond donors (Lipinski definition) is 2. The lowest BCUT2D eigenvalue weighted by molar-refractivity contribution is 0.921. The molecule has 0 spiro atoms. The molecule has 0 saturated heterocycles. The number of aromatic amines is 2. The highest BCUT2D eigenvalue weighted by molar-refractivity contribution is 9.10. The molecule has 2 N–H and O–H groups in total. The lowest BCUT2D eigenvalue weighted by atomic mass is 10.1. The van der Waals surface area contributed by atoms with E-state index >= 15 is 0 Å². The Kier molecular flexibility index (Phi) is 2.96. The molecule has 0 aliphatic rings. The molecule has 0 aliphatic heterocycles. The lowest BCUT2D eigenvalue weighted by Gasteiger charge is -1.99. The molecule has 2 aromatic heterocycles. The third-order valence-corrected chi connectivity index (χ3v) is 3.82. The van der Waals surface area contributed by atoms with Crippen LogP contribution in [0.3, 0.4) is 0 Å². The lowest BCUT2D eigenvalue weighted by Crippen LogP contribution is -1.91. The van der Waals surface area contributed by atoms with Crippen molar-refractivity contribution in [3.8, 4) is 0 Å². The zero-order valence-electron chi connectivity index (χ0n) is 10.1. The summed E-state index contributed by atoms with van der Waals surface area (Å²) in [5.41, 5.74) is 3.72. The fourth-order valence-corrected chi connectivity index (χ4v) is 2.84. The van der Waals surface area contributed by atoms with E-state index in [2.05, 4.69) is 61.3 Å². The first-order chi connectivity index (χ1) is 8.74. The summed E-state index contributed by atoms with van der Waals surface area (Å²) in [7, 11) is 0. The topological polar surface area (TPSA) is 44.5 Å². The van der Waals surface area contributed by atoms with Crippen LogP contribution in [0, 0.1) is 6.92 Å². The summed E-state index contributed by atoms with van der Waals surface area (Å²) in [5, 5.41) is 1.31. The Labute approximate surface area is 114 Å². The zero-order valence-corrected chi connectivity index (χ0v) is 11.7. The number of nitrogens with zero attached hydrogens (tertiary/aromatic N) is 1. The van der Waals surface area contributed by atoms with Gasteiger partial charge in [-0.05, 0) is 47.3 Å². The zero-order chi connectivity index (χ0) is 12.5. The largest absolute Gasteiger partial charge is 0.361 e. The van der Waals surface area contributed by atoms with E-state index in [0.717, 1.165) is 29.0 Å². The van der Waals surface area contributed by atoms with E-state index < -0.39 is 0 Å². The molecule has 3 nitrogen and oxygen atoms in total. The molecule has 0 bridgehead atoms. The number of fused-ring (bicyclic) bond motifs is 1. The number of benzene rings is 1. The second-order valence-corrected chi connectivity index (χ2v) is 5.20. The molecule has 4 heteroatoms. The van der Waals surface area contributed by atoms with Crippen LogP contribution in [0.4, 0.5) is 0 Å². The van der Waals surface area contributed by atoms with Crippen LogP contribution in [-0.4, -0.2) is 15.0 Å². The number of halogens is 1. The van der Waals surface area contributed by atoms with Crippen LogP contribution in [0.2, 0.25) is 0 Å². The highest BCUT2D eigenvalue weighted by Crippen LogP contribution is 2.21. The molecule has 0 aliphatic carbocycles. The molecular weight excluding hydrogens is 290 g/mol. The standard InChI is InChI=1S/C14H14BrN3/c1-9-17-13(14(15)18-9)7-6-10-8-16-12-5-3-2-4-11(10)12/h2-5,8,16H,6-7H2,1H3,(H,17,18). The number of aromatic nitrogens is 3. The number of nitrogens with one attached hydrogen (secondary N) is 2. The highest BCUT2D eigenvalue weighted by Gasteiger charge is 2.07. The van der Waals surface area contributed by atoms with E-state index in [9.17, 15) is 0 Å². The molecule has 92 valence electrons. The first kappa shape index (κ1) is 11.5. The maximum absolute atomic E-state index is 4.33. The van der Waals surface area contributed by atoms with Crippen molar-refractivity contribution in [3.05, 3.63) is 52.1 Å². The van der Waals surface area contributed by atoms with Crippen molar-refractivity contribution in [3.63, 3.8) is 0 Å². The van der Waals surface area contributed by atoms with Crippen LogP contribution in [0.5, 0.6) is 0 Å². The Morgan fingerprint density at radius 3 is 2.83 bits per heavy atom. The van der Waals surface area contributed by atoms with Crippen LogP contribution in [0.1, 0.15) is 17.1 Å². The van der Waals surface area contributed by atoms with Crippen molar-refractivity contribution in [1.82, 2.24) is 15.0 Å². The predicted molar refractivity (Wildman–Crippen MR) is 76.7 cm³/mol. The molecule has 3 aromatic rings. The van der Waals surface area contributed by atoms with Gasteiger partial charge in [-0.15, -0.1) is 0 Å². The summed E-state index contributed by atoms with van der Waals surface area (Å²) >= 11 is 3.48. The average molecular weight is 304 g/mol. The number of rotatable bonds is 3. The number of H-pyrrole nitrogens is 2. The Bertz CT molecular complexity index is 681. The maximum Gasteiger partial charge on any atom is 0.127 e. The molecule has 0 radical (unpaired) electrons. The minimum absolute atomic E-state index is 0.930. The second kappa shape index (κ2) is 4.61. The van der Waals surface area contributed by atoms with E-state index in [4.69, 9.17) is 0 Å². The summed E-state index contributed by atoms with van der Waals surface area (Å²) in [4.78, 5) is 10.9. The molecule has 0 amide bonds. The highest BCUT2D eigenvalue weighted by atomic mass is 79.9. The third kappa shape index (κ3) is 2.08. The Hall–Kier alpha value is -1.55. The Morgan fingerprint density at radius 2 is 2.06 bits per heavy atom. The van der Waals surface area contributed by atoms with E-state index in [1.807, 2.05) is 6.92 Å². The maximum atomic E-state index is 4.33. The summed E-state index contributed by atoms with van der Waals surface area (Å²) in [6, 6.07) is 8.40. The van der Waals surface area contributed by atoms with Gasteiger partial charge in [-0.1, -0.05) is 18.2 Å². The van der Waals surface area contributed by atoms with Gasteiger partial charge in [-0.3, -0.25) is 0 Å². The number of aryl methyl sites for hydroxylation is 3. The first-order valence-corrected chi connectivity index (χ1v) is 6.79. The molecule has 1 aromatic carbocycles. The number of para-hydroxylation sites is 1. The van der Waals surface area contributed by atoms with Crippen molar-refractivity contribution in [2.75, 3.05) is 0 Å². The van der Waals surface area contributed by atoms with E-state index in [-0.39, 0.29) is 0 Å². The molecule has 3 rings (SSSR count). The summed E-state index contributed by atoms with van der Waals surface area (Å²) in [6.45, 7) is 1.97. The molecule has 0 atom stereocenters.